The largest absolute Gasteiger partial charge is 0.466 e. The molecule has 1 atom stereocenters. The molecule has 0 aromatic rings. The molecule has 0 fully saturated rings. The third kappa shape index (κ3) is 16.8. The van der Waals surface area contributed by atoms with Crippen molar-refractivity contribution in [2.75, 3.05) is 6.61 Å². The Bertz CT molecular complexity index is 356. The first-order chi connectivity index (χ1) is 11.2. The number of hydrogen-bond acceptors (Lipinski definition) is 3. The number of rotatable bonds is 14. The summed E-state index contributed by atoms with van der Waals surface area (Å²) in [6, 6.07) is 0. The molecule has 0 saturated carbocycles. The van der Waals surface area contributed by atoms with Gasteiger partial charge in [0, 0.05) is 6.42 Å². The summed E-state index contributed by atoms with van der Waals surface area (Å²) < 4.78 is 4.89. The Morgan fingerprint density at radius 3 is 2.48 bits per heavy atom. The van der Waals surface area contributed by atoms with Gasteiger partial charge in [-0.3, -0.25) is 4.79 Å². The lowest BCUT2D eigenvalue weighted by Gasteiger charge is -2.01. The summed E-state index contributed by atoms with van der Waals surface area (Å²) in [4.78, 5) is 11.1. The fraction of sp³-hybridized carbons (Fsp3) is 0.650. The normalized spacial score (nSPS) is 13.3. The molecule has 1 unspecified atom stereocenters. The molecule has 0 aliphatic heterocycles. The Kier molecular flexibility index (Phi) is 16.0. The highest BCUT2D eigenvalue weighted by atomic mass is 16.5. The second-order valence-electron chi connectivity index (χ2n) is 5.61. The molecule has 1 N–H and O–H groups in total. The van der Waals surface area contributed by atoms with E-state index in [-0.39, 0.29) is 12.1 Å². The fourth-order valence-electron chi connectivity index (χ4n) is 2.14. The van der Waals surface area contributed by atoms with Crippen LogP contribution in [0.1, 0.15) is 71.6 Å². The predicted octanol–water partition coefficient (Wildman–Crippen LogP) is 5.11. The van der Waals surface area contributed by atoms with Crippen molar-refractivity contribution in [3.05, 3.63) is 36.5 Å². The number of aliphatic hydroxyl groups is 1. The monoisotopic (exact) mass is 322 g/mol. The standard InChI is InChI=1S/C20H34O3/c1-3-5-13-16-19(21)17-14-11-9-7-6-8-10-12-15-18-20(22)23-4-2/h5,9,11,13-14,17,19,21H,3-4,6-8,10,12,15-16,18H2,1-2H3. The smallest absolute Gasteiger partial charge is 0.305 e. The highest BCUT2D eigenvalue weighted by Gasteiger charge is 2.00. The Morgan fingerprint density at radius 2 is 1.74 bits per heavy atom. The highest BCUT2D eigenvalue weighted by molar-refractivity contribution is 5.69. The van der Waals surface area contributed by atoms with Gasteiger partial charge in [-0.05, 0) is 39.0 Å². The van der Waals surface area contributed by atoms with Crippen LogP contribution in [0.5, 0.6) is 0 Å². The molecule has 132 valence electrons. The van der Waals surface area contributed by atoms with E-state index in [4.69, 9.17) is 4.74 Å². The molecule has 0 aromatic carbocycles. The molecule has 0 heterocycles. The van der Waals surface area contributed by atoms with Crippen molar-refractivity contribution in [3.8, 4) is 0 Å². The van der Waals surface area contributed by atoms with Gasteiger partial charge in [0.15, 0.2) is 0 Å². The van der Waals surface area contributed by atoms with Crippen molar-refractivity contribution < 1.29 is 14.6 Å². The maximum Gasteiger partial charge on any atom is 0.305 e. The number of allylic oxidation sites excluding steroid dienone is 4. The molecule has 0 aliphatic carbocycles. The lowest BCUT2D eigenvalue weighted by molar-refractivity contribution is -0.143. The summed E-state index contributed by atoms with van der Waals surface area (Å²) in [6.07, 6.45) is 20.5. The van der Waals surface area contributed by atoms with Crippen molar-refractivity contribution >= 4 is 5.97 Å². The van der Waals surface area contributed by atoms with E-state index < -0.39 is 0 Å². The van der Waals surface area contributed by atoms with E-state index in [1.165, 1.54) is 19.3 Å². The summed E-state index contributed by atoms with van der Waals surface area (Å²) in [7, 11) is 0. The number of hydrogen-bond donors (Lipinski definition) is 1. The van der Waals surface area contributed by atoms with E-state index in [1.807, 2.05) is 31.2 Å². The minimum Gasteiger partial charge on any atom is -0.466 e. The van der Waals surface area contributed by atoms with E-state index in [0.717, 1.165) is 25.7 Å². The van der Waals surface area contributed by atoms with Crippen LogP contribution in [0.3, 0.4) is 0 Å². The van der Waals surface area contributed by atoms with Gasteiger partial charge in [0.2, 0.25) is 0 Å². The maximum atomic E-state index is 11.1. The molecule has 0 amide bonds. The molecule has 3 heteroatoms. The van der Waals surface area contributed by atoms with Gasteiger partial charge < -0.3 is 9.84 Å². The first-order valence-electron chi connectivity index (χ1n) is 9.02. The van der Waals surface area contributed by atoms with Crippen LogP contribution in [0.15, 0.2) is 36.5 Å². The maximum absolute atomic E-state index is 11.1. The van der Waals surface area contributed by atoms with Crippen molar-refractivity contribution in [2.24, 2.45) is 0 Å². The van der Waals surface area contributed by atoms with Gasteiger partial charge in [-0.25, -0.2) is 0 Å². The lowest BCUT2D eigenvalue weighted by atomic mass is 10.1. The number of carbonyl (C=O) groups is 1. The topological polar surface area (TPSA) is 46.5 Å². The molecule has 3 nitrogen and oxygen atoms in total. The van der Waals surface area contributed by atoms with Gasteiger partial charge in [0.1, 0.15) is 0 Å². The van der Waals surface area contributed by atoms with Crippen LogP contribution in [-0.2, 0) is 9.53 Å². The van der Waals surface area contributed by atoms with Gasteiger partial charge in [-0.15, -0.1) is 0 Å². The Labute approximate surface area is 142 Å². The molecule has 23 heavy (non-hydrogen) atoms. The minimum atomic E-state index is -0.387. The summed E-state index contributed by atoms with van der Waals surface area (Å²) in [5.41, 5.74) is 0. The quantitative estimate of drug-likeness (QED) is 0.209. The van der Waals surface area contributed by atoms with Crippen LogP contribution in [-0.4, -0.2) is 23.8 Å². The lowest BCUT2D eigenvalue weighted by Crippen LogP contribution is -2.03. The number of carbonyl (C=O) groups excluding carboxylic acids is 1. The zero-order valence-corrected chi connectivity index (χ0v) is 14.9. The van der Waals surface area contributed by atoms with Gasteiger partial charge in [-0.2, -0.15) is 0 Å². The molecule has 0 spiro atoms. The Morgan fingerprint density at radius 1 is 1.00 bits per heavy atom. The Hall–Kier alpha value is -1.35. The number of aliphatic hydroxyl groups excluding tert-OH is 1. The molecule has 0 rings (SSSR count). The summed E-state index contributed by atoms with van der Waals surface area (Å²) in [5, 5.41) is 9.67. The SMILES string of the molecule is CCC=CCC(O)C=CC=CCCCCCCCC(=O)OCC. The predicted molar refractivity (Wildman–Crippen MR) is 97.3 cm³/mol. The summed E-state index contributed by atoms with van der Waals surface area (Å²) >= 11 is 0. The van der Waals surface area contributed by atoms with E-state index in [1.54, 1.807) is 0 Å². The van der Waals surface area contributed by atoms with Gasteiger partial charge in [0.25, 0.3) is 0 Å². The zero-order chi connectivity index (χ0) is 17.2. The molecule has 0 saturated heterocycles. The number of esters is 1. The molecular formula is C20H34O3. The summed E-state index contributed by atoms with van der Waals surface area (Å²) in [5.74, 6) is -0.0745. The first-order valence-corrected chi connectivity index (χ1v) is 9.02. The Balaban J connectivity index is 3.43. The average molecular weight is 322 g/mol. The van der Waals surface area contributed by atoms with E-state index in [9.17, 15) is 9.90 Å². The summed E-state index contributed by atoms with van der Waals surface area (Å²) in [6.45, 7) is 4.40. The van der Waals surface area contributed by atoms with Crippen LogP contribution >= 0.6 is 0 Å². The second-order valence-corrected chi connectivity index (χ2v) is 5.61. The van der Waals surface area contributed by atoms with Crippen LogP contribution in [0.25, 0.3) is 0 Å². The first kappa shape index (κ1) is 21.6. The van der Waals surface area contributed by atoms with E-state index in [0.29, 0.717) is 19.4 Å². The molecular weight excluding hydrogens is 288 g/mol. The fourth-order valence-corrected chi connectivity index (χ4v) is 2.14. The van der Waals surface area contributed by atoms with Crippen LogP contribution in [0, 0.1) is 0 Å². The van der Waals surface area contributed by atoms with Gasteiger partial charge in [-0.1, -0.05) is 62.6 Å². The number of ether oxygens (including phenoxy) is 1. The van der Waals surface area contributed by atoms with Gasteiger partial charge >= 0.3 is 5.97 Å². The molecule has 0 aliphatic rings. The van der Waals surface area contributed by atoms with Crippen molar-refractivity contribution in [1.82, 2.24) is 0 Å². The average Bonchev–Trinajstić information content (AvgIpc) is 2.53. The number of unbranched alkanes of at least 4 members (excludes halogenated alkanes) is 5. The molecule has 0 aromatic heterocycles. The van der Waals surface area contributed by atoms with Crippen molar-refractivity contribution in [1.29, 1.82) is 0 Å². The third-order valence-electron chi connectivity index (χ3n) is 3.42. The van der Waals surface area contributed by atoms with Crippen LogP contribution < -0.4 is 0 Å². The van der Waals surface area contributed by atoms with Crippen molar-refractivity contribution in [2.45, 2.75) is 77.7 Å². The van der Waals surface area contributed by atoms with E-state index in [2.05, 4.69) is 19.1 Å². The van der Waals surface area contributed by atoms with Crippen LogP contribution in [0.2, 0.25) is 0 Å². The van der Waals surface area contributed by atoms with Crippen molar-refractivity contribution in [3.63, 3.8) is 0 Å². The zero-order valence-electron chi connectivity index (χ0n) is 14.9. The molecule has 0 radical (unpaired) electrons. The minimum absolute atomic E-state index is 0.0745. The van der Waals surface area contributed by atoms with Crippen LogP contribution in [0.4, 0.5) is 0 Å². The van der Waals surface area contributed by atoms with E-state index >= 15 is 0 Å². The molecule has 0 bridgehead atoms. The third-order valence-corrected chi connectivity index (χ3v) is 3.42. The van der Waals surface area contributed by atoms with Gasteiger partial charge in [0.05, 0.1) is 12.7 Å². The second kappa shape index (κ2) is 17.0. The highest BCUT2D eigenvalue weighted by Crippen LogP contribution is 2.08.